The van der Waals surface area contributed by atoms with E-state index in [1.165, 1.54) is 0 Å². The van der Waals surface area contributed by atoms with Crippen LogP contribution in [0, 0.1) is 0 Å². The molecule has 2 aromatic carbocycles. The summed E-state index contributed by atoms with van der Waals surface area (Å²) < 4.78 is 5.29. The zero-order valence-electron chi connectivity index (χ0n) is 14.7. The van der Waals surface area contributed by atoms with Crippen molar-refractivity contribution in [2.75, 3.05) is 25.1 Å². The molecule has 0 aliphatic rings. The van der Waals surface area contributed by atoms with Crippen molar-refractivity contribution in [1.82, 2.24) is 5.32 Å². The summed E-state index contributed by atoms with van der Waals surface area (Å²) >= 11 is 0. The molecule has 0 aliphatic carbocycles. The zero-order valence-corrected chi connectivity index (χ0v) is 14.7. The Morgan fingerprint density at radius 2 is 1.72 bits per heavy atom. The topological polar surface area (TPSA) is 58.6 Å². The van der Waals surface area contributed by atoms with Crippen LogP contribution < -0.4 is 15.0 Å². The second kappa shape index (κ2) is 9.47. The summed E-state index contributed by atoms with van der Waals surface area (Å²) in [4.78, 5) is 26.0. The van der Waals surface area contributed by atoms with E-state index >= 15 is 0 Å². The fraction of sp³-hybridized carbons (Fsp3) is 0.300. The predicted molar refractivity (Wildman–Crippen MR) is 98.8 cm³/mol. The first kappa shape index (κ1) is 18.5. The summed E-state index contributed by atoms with van der Waals surface area (Å²) in [6, 6.07) is 17.1. The van der Waals surface area contributed by atoms with Crippen molar-refractivity contribution in [2.24, 2.45) is 0 Å². The third-order valence-corrected chi connectivity index (χ3v) is 3.91. The van der Waals surface area contributed by atoms with Gasteiger partial charge in [-0.15, -0.1) is 0 Å². The lowest BCUT2D eigenvalue weighted by atomic mass is 10.1. The highest BCUT2D eigenvalue weighted by Crippen LogP contribution is 2.17. The second-order valence-electron chi connectivity index (χ2n) is 5.56. The van der Waals surface area contributed by atoms with Gasteiger partial charge < -0.3 is 15.0 Å². The highest BCUT2D eigenvalue weighted by atomic mass is 16.5. The minimum absolute atomic E-state index is 0.158. The molecule has 0 aliphatic heterocycles. The van der Waals surface area contributed by atoms with Crippen LogP contribution in [-0.4, -0.2) is 32.0 Å². The number of anilines is 1. The molecule has 0 spiro atoms. The lowest BCUT2D eigenvalue weighted by molar-refractivity contribution is -0.127. The predicted octanol–water partition coefficient (Wildman–Crippen LogP) is 2.80. The van der Waals surface area contributed by atoms with Crippen molar-refractivity contribution in [3.05, 3.63) is 60.2 Å². The van der Waals surface area contributed by atoms with Gasteiger partial charge in [-0.05, 0) is 37.1 Å². The SMILES string of the molecule is CCN(C(=O)CC(=O)NCCc1ccccc1OC)c1ccccc1. The van der Waals surface area contributed by atoms with E-state index in [2.05, 4.69) is 5.32 Å². The van der Waals surface area contributed by atoms with Crippen LogP contribution in [0.3, 0.4) is 0 Å². The number of hydrogen-bond donors (Lipinski definition) is 1. The fourth-order valence-electron chi connectivity index (χ4n) is 2.65. The van der Waals surface area contributed by atoms with Gasteiger partial charge in [-0.25, -0.2) is 0 Å². The standard InChI is InChI=1S/C20H24N2O3/c1-3-22(17-10-5-4-6-11-17)20(24)15-19(23)21-14-13-16-9-7-8-12-18(16)25-2/h4-12H,3,13-15H2,1-2H3,(H,21,23). The van der Waals surface area contributed by atoms with Crippen LogP contribution in [0.4, 0.5) is 5.69 Å². The molecule has 0 aromatic heterocycles. The third-order valence-electron chi connectivity index (χ3n) is 3.91. The zero-order chi connectivity index (χ0) is 18.1. The molecule has 132 valence electrons. The lowest BCUT2D eigenvalue weighted by Gasteiger charge is -2.20. The number of para-hydroxylation sites is 2. The summed E-state index contributed by atoms with van der Waals surface area (Å²) in [6.45, 7) is 2.88. The number of hydrogen-bond acceptors (Lipinski definition) is 3. The van der Waals surface area contributed by atoms with Crippen LogP contribution in [0.2, 0.25) is 0 Å². The Hall–Kier alpha value is -2.82. The first-order chi connectivity index (χ1) is 12.2. The smallest absolute Gasteiger partial charge is 0.236 e. The Bertz CT molecular complexity index is 701. The number of ether oxygens (including phenoxy) is 1. The summed E-state index contributed by atoms with van der Waals surface area (Å²) in [5, 5.41) is 2.80. The summed E-state index contributed by atoms with van der Waals surface area (Å²) in [5.74, 6) is 0.326. The van der Waals surface area contributed by atoms with Crippen LogP contribution in [-0.2, 0) is 16.0 Å². The first-order valence-corrected chi connectivity index (χ1v) is 8.39. The third kappa shape index (κ3) is 5.35. The molecule has 0 atom stereocenters. The Labute approximate surface area is 148 Å². The number of carbonyl (C=O) groups is 2. The fourth-order valence-corrected chi connectivity index (χ4v) is 2.65. The maximum atomic E-state index is 12.4. The molecule has 5 nitrogen and oxygen atoms in total. The van der Waals surface area contributed by atoms with Crippen LogP contribution in [0.25, 0.3) is 0 Å². The average Bonchev–Trinajstić information content (AvgIpc) is 2.63. The van der Waals surface area contributed by atoms with Crippen molar-refractivity contribution < 1.29 is 14.3 Å². The van der Waals surface area contributed by atoms with E-state index in [1.54, 1.807) is 12.0 Å². The largest absolute Gasteiger partial charge is 0.496 e. The van der Waals surface area contributed by atoms with Gasteiger partial charge in [0.25, 0.3) is 0 Å². The molecular formula is C20H24N2O3. The summed E-state index contributed by atoms with van der Waals surface area (Å²) in [5.41, 5.74) is 1.83. The quantitative estimate of drug-likeness (QED) is 0.752. The van der Waals surface area contributed by atoms with Gasteiger partial charge in [0.05, 0.1) is 7.11 Å². The van der Waals surface area contributed by atoms with Crippen LogP contribution in [0.15, 0.2) is 54.6 Å². The first-order valence-electron chi connectivity index (χ1n) is 8.39. The van der Waals surface area contributed by atoms with Gasteiger partial charge in [0.15, 0.2) is 0 Å². The molecule has 25 heavy (non-hydrogen) atoms. The average molecular weight is 340 g/mol. The molecular weight excluding hydrogens is 316 g/mol. The molecule has 0 bridgehead atoms. The van der Waals surface area contributed by atoms with Crippen molar-refractivity contribution in [1.29, 1.82) is 0 Å². The molecule has 5 heteroatoms. The van der Waals surface area contributed by atoms with Crippen molar-refractivity contribution in [2.45, 2.75) is 19.8 Å². The van der Waals surface area contributed by atoms with E-state index in [1.807, 2.05) is 61.5 Å². The molecule has 0 unspecified atom stereocenters. The number of nitrogens with one attached hydrogen (secondary N) is 1. The van der Waals surface area contributed by atoms with Gasteiger partial charge >= 0.3 is 0 Å². The van der Waals surface area contributed by atoms with Crippen LogP contribution >= 0.6 is 0 Å². The normalized spacial score (nSPS) is 10.2. The molecule has 0 radical (unpaired) electrons. The lowest BCUT2D eigenvalue weighted by Crippen LogP contribution is -2.36. The maximum Gasteiger partial charge on any atom is 0.236 e. The Balaban J connectivity index is 1.84. The minimum Gasteiger partial charge on any atom is -0.496 e. The van der Waals surface area contributed by atoms with Crippen LogP contribution in [0.1, 0.15) is 18.9 Å². The number of rotatable bonds is 8. The van der Waals surface area contributed by atoms with E-state index in [9.17, 15) is 9.59 Å². The van der Waals surface area contributed by atoms with Gasteiger partial charge in [-0.3, -0.25) is 9.59 Å². The van der Waals surface area contributed by atoms with Crippen molar-refractivity contribution >= 4 is 17.5 Å². The minimum atomic E-state index is -0.269. The van der Waals surface area contributed by atoms with E-state index in [0.717, 1.165) is 17.0 Å². The van der Waals surface area contributed by atoms with Crippen molar-refractivity contribution in [3.8, 4) is 5.75 Å². The highest BCUT2D eigenvalue weighted by molar-refractivity contribution is 6.04. The highest BCUT2D eigenvalue weighted by Gasteiger charge is 2.17. The maximum absolute atomic E-state index is 12.4. The number of carbonyl (C=O) groups excluding carboxylic acids is 2. The van der Waals surface area contributed by atoms with E-state index in [0.29, 0.717) is 19.5 Å². The van der Waals surface area contributed by atoms with Gasteiger partial charge in [0.1, 0.15) is 12.2 Å². The van der Waals surface area contributed by atoms with Crippen molar-refractivity contribution in [3.63, 3.8) is 0 Å². The van der Waals surface area contributed by atoms with Gasteiger partial charge in [0.2, 0.25) is 11.8 Å². The molecule has 0 saturated carbocycles. The summed E-state index contributed by atoms with van der Waals surface area (Å²) in [7, 11) is 1.62. The molecule has 0 heterocycles. The molecule has 0 saturated heterocycles. The Morgan fingerprint density at radius 1 is 1.04 bits per heavy atom. The Kier molecular flexibility index (Phi) is 7.01. The molecule has 0 fully saturated rings. The second-order valence-corrected chi connectivity index (χ2v) is 5.56. The monoisotopic (exact) mass is 340 g/mol. The van der Waals surface area contributed by atoms with Gasteiger partial charge in [0, 0.05) is 18.8 Å². The van der Waals surface area contributed by atoms with Crippen LogP contribution in [0.5, 0.6) is 5.75 Å². The molecule has 2 aromatic rings. The Morgan fingerprint density at radius 3 is 2.40 bits per heavy atom. The number of benzene rings is 2. The number of methoxy groups -OCH3 is 1. The van der Waals surface area contributed by atoms with E-state index in [-0.39, 0.29) is 18.2 Å². The number of amides is 2. The number of nitrogens with zero attached hydrogens (tertiary/aromatic N) is 1. The molecule has 1 N–H and O–H groups in total. The molecule has 2 amide bonds. The summed E-state index contributed by atoms with van der Waals surface area (Å²) in [6.07, 6.45) is 0.495. The van der Waals surface area contributed by atoms with E-state index in [4.69, 9.17) is 4.74 Å². The molecule has 2 rings (SSSR count). The van der Waals surface area contributed by atoms with E-state index < -0.39 is 0 Å². The van der Waals surface area contributed by atoms with Gasteiger partial charge in [-0.2, -0.15) is 0 Å². The van der Waals surface area contributed by atoms with Gasteiger partial charge in [-0.1, -0.05) is 36.4 Å².